The summed E-state index contributed by atoms with van der Waals surface area (Å²) >= 11 is 0. The number of aryl methyl sites for hydroxylation is 3. The molecule has 4 aromatic rings. The van der Waals surface area contributed by atoms with Crippen LogP contribution in [0.2, 0.25) is 0 Å². The SMILES string of the molecule is CCn1nc(C)cc1C(=O)Nc1nc2cc(C(=O)NCCN)cc(OC)c2n1CCCNC(=O)OCc1ccccc1. The summed E-state index contributed by atoms with van der Waals surface area (Å²) in [6, 6.07) is 14.4. The summed E-state index contributed by atoms with van der Waals surface area (Å²) in [6.45, 7) is 5.71. The summed E-state index contributed by atoms with van der Waals surface area (Å²) in [5.41, 5.74) is 8.92. The van der Waals surface area contributed by atoms with Crippen LogP contribution < -0.4 is 26.4 Å². The van der Waals surface area contributed by atoms with Crippen molar-refractivity contribution in [2.24, 2.45) is 5.73 Å². The summed E-state index contributed by atoms with van der Waals surface area (Å²) in [6.07, 6.45) is -0.0420. The van der Waals surface area contributed by atoms with Gasteiger partial charge in [-0.2, -0.15) is 5.10 Å². The van der Waals surface area contributed by atoms with Crippen LogP contribution in [0.5, 0.6) is 5.75 Å². The molecule has 0 spiro atoms. The van der Waals surface area contributed by atoms with Crippen molar-refractivity contribution < 1.29 is 23.9 Å². The van der Waals surface area contributed by atoms with Crippen molar-refractivity contribution in [1.82, 2.24) is 30.0 Å². The highest BCUT2D eigenvalue weighted by Gasteiger charge is 2.22. The Morgan fingerprint density at radius 2 is 1.81 bits per heavy atom. The van der Waals surface area contributed by atoms with Crippen LogP contribution in [0.15, 0.2) is 48.5 Å². The van der Waals surface area contributed by atoms with Gasteiger partial charge in [-0.3, -0.25) is 19.6 Å². The van der Waals surface area contributed by atoms with Crippen LogP contribution in [0.4, 0.5) is 10.7 Å². The Morgan fingerprint density at radius 3 is 2.52 bits per heavy atom. The van der Waals surface area contributed by atoms with E-state index in [2.05, 4.69) is 26.0 Å². The summed E-state index contributed by atoms with van der Waals surface area (Å²) < 4.78 is 14.3. The molecule has 0 saturated heterocycles. The van der Waals surface area contributed by atoms with Gasteiger partial charge in [0.15, 0.2) is 0 Å². The zero-order valence-corrected chi connectivity index (χ0v) is 24.0. The van der Waals surface area contributed by atoms with Crippen molar-refractivity contribution in [3.8, 4) is 5.75 Å². The number of hydrogen-bond acceptors (Lipinski definition) is 8. The Balaban J connectivity index is 1.56. The Morgan fingerprint density at radius 1 is 1.02 bits per heavy atom. The Kier molecular flexibility index (Phi) is 10.1. The number of hydrogen-bond donors (Lipinski definition) is 4. The van der Waals surface area contributed by atoms with Crippen molar-refractivity contribution in [2.45, 2.75) is 40.0 Å². The number of ether oxygens (including phenoxy) is 2. The second-order valence-corrected chi connectivity index (χ2v) is 9.46. The lowest BCUT2D eigenvalue weighted by Crippen LogP contribution is -2.29. The highest BCUT2D eigenvalue weighted by Crippen LogP contribution is 2.31. The molecule has 5 N–H and O–H groups in total. The van der Waals surface area contributed by atoms with Gasteiger partial charge in [0.1, 0.15) is 23.6 Å². The molecule has 0 atom stereocenters. The molecule has 222 valence electrons. The quantitative estimate of drug-likeness (QED) is 0.176. The number of nitrogens with one attached hydrogen (secondary N) is 3. The van der Waals surface area contributed by atoms with Crippen molar-refractivity contribution in [3.63, 3.8) is 0 Å². The fourth-order valence-corrected chi connectivity index (χ4v) is 4.45. The lowest BCUT2D eigenvalue weighted by Gasteiger charge is -2.13. The first-order valence-corrected chi connectivity index (χ1v) is 13.7. The monoisotopic (exact) mass is 576 g/mol. The molecule has 4 rings (SSSR count). The molecule has 13 heteroatoms. The number of imidazole rings is 1. The number of amides is 3. The van der Waals surface area contributed by atoms with E-state index < -0.39 is 6.09 Å². The van der Waals surface area contributed by atoms with E-state index in [-0.39, 0.29) is 24.4 Å². The van der Waals surface area contributed by atoms with Crippen molar-refractivity contribution in [1.29, 1.82) is 0 Å². The van der Waals surface area contributed by atoms with Gasteiger partial charge in [-0.05, 0) is 44.0 Å². The molecule has 0 unspecified atom stereocenters. The van der Waals surface area contributed by atoms with E-state index in [4.69, 9.17) is 15.2 Å². The van der Waals surface area contributed by atoms with Crippen LogP contribution in [0.1, 0.15) is 45.4 Å². The van der Waals surface area contributed by atoms with Gasteiger partial charge in [-0.15, -0.1) is 0 Å². The number of nitrogens with two attached hydrogens (primary N) is 1. The number of rotatable bonds is 13. The molecule has 2 heterocycles. The number of anilines is 1. The molecular weight excluding hydrogens is 540 g/mol. The largest absolute Gasteiger partial charge is 0.494 e. The number of carbonyl (C=O) groups is 3. The lowest BCUT2D eigenvalue weighted by molar-refractivity contribution is 0.0953. The maximum atomic E-state index is 13.3. The third-order valence-electron chi connectivity index (χ3n) is 6.42. The van der Waals surface area contributed by atoms with Gasteiger partial charge >= 0.3 is 6.09 Å². The molecule has 0 bridgehead atoms. The third-order valence-corrected chi connectivity index (χ3v) is 6.42. The molecule has 2 aromatic carbocycles. The molecule has 0 aliphatic rings. The smallest absolute Gasteiger partial charge is 0.407 e. The highest BCUT2D eigenvalue weighted by atomic mass is 16.5. The first-order valence-electron chi connectivity index (χ1n) is 13.7. The van der Waals surface area contributed by atoms with Crippen molar-refractivity contribution in [3.05, 3.63) is 71.0 Å². The van der Waals surface area contributed by atoms with E-state index in [9.17, 15) is 14.4 Å². The normalized spacial score (nSPS) is 10.9. The van der Waals surface area contributed by atoms with Crippen LogP contribution in [0.3, 0.4) is 0 Å². The minimum absolute atomic E-state index is 0.168. The zero-order chi connectivity index (χ0) is 30.1. The molecular formula is C29H36N8O5. The molecule has 13 nitrogen and oxygen atoms in total. The van der Waals surface area contributed by atoms with Crippen LogP contribution >= 0.6 is 0 Å². The number of aromatic nitrogens is 4. The predicted molar refractivity (Wildman–Crippen MR) is 158 cm³/mol. The van der Waals surface area contributed by atoms with E-state index in [1.54, 1.807) is 27.4 Å². The number of fused-ring (bicyclic) bond motifs is 1. The Bertz CT molecular complexity index is 1550. The second-order valence-electron chi connectivity index (χ2n) is 9.46. The fourth-order valence-electron chi connectivity index (χ4n) is 4.45. The first kappa shape index (κ1) is 30.1. The van der Waals surface area contributed by atoms with Gasteiger partial charge in [-0.25, -0.2) is 9.78 Å². The minimum atomic E-state index is -0.531. The molecule has 0 fully saturated rings. The first-order chi connectivity index (χ1) is 20.3. The minimum Gasteiger partial charge on any atom is -0.494 e. The third kappa shape index (κ3) is 7.23. The zero-order valence-electron chi connectivity index (χ0n) is 24.0. The Hall–Kier alpha value is -4.91. The average molecular weight is 577 g/mol. The summed E-state index contributed by atoms with van der Waals surface area (Å²) in [5.74, 6) is -0.0260. The highest BCUT2D eigenvalue weighted by molar-refractivity contribution is 6.04. The molecule has 0 radical (unpaired) electrons. The average Bonchev–Trinajstić information content (AvgIpc) is 3.56. The summed E-state index contributed by atoms with van der Waals surface area (Å²) in [5, 5.41) is 12.7. The maximum Gasteiger partial charge on any atom is 0.407 e. The molecule has 0 saturated carbocycles. The van der Waals surface area contributed by atoms with E-state index >= 15 is 0 Å². The van der Waals surface area contributed by atoms with E-state index in [0.29, 0.717) is 67.2 Å². The van der Waals surface area contributed by atoms with E-state index in [1.807, 2.05) is 44.2 Å². The molecule has 2 aromatic heterocycles. The van der Waals surface area contributed by atoms with Crippen LogP contribution in [-0.2, 0) is 24.4 Å². The topological polar surface area (TPSA) is 167 Å². The number of nitrogens with zero attached hydrogens (tertiary/aromatic N) is 4. The van der Waals surface area contributed by atoms with Gasteiger partial charge in [0.25, 0.3) is 11.8 Å². The van der Waals surface area contributed by atoms with E-state index in [0.717, 1.165) is 11.3 Å². The number of carbonyl (C=O) groups excluding carboxylic acids is 3. The molecule has 0 aliphatic heterocycles. The second kappa shape index (κ2) is 14.1. The number of benzene rings is 2. The van der Waals surface area contributed by atoms with Crippen LogP contribution in [0, 0.1) is 6.92 Å². The molecule has 0 aliphatic carbocycles. The standard InChI is InChI=1S/C29H36N8O5/c1-4-37-23(15-19(2)35-37)27(39)34-28-33-22-16-21(26(38)31-13-11-30)17-24(41-3)25(22)36(28)14-8-12-32-29(40)42-18-20-9-6-5-7-10-20/h5-7,9-10,15-17H,4,8,11-14,18,30H2,1-3H3,(H,31,38)(H,32,40)(H,33,34,39). The lowest BCUT2D eigenvalue weighted by atomic mass is 10.1. The predicted octanol–water partition coefficient (Wildman–Crippen LogP) is 2.83. The van der Waals surface area contributed by atoms with Crippen molar-refractivity contribution in [2.75, 3.05) is 32.1 Å². The number of alkyl carbamates (subject to hydrolysis) is 1. The van der Waals surface area contributed by atoms with Gasteiger partial charge in [0, 0.05) is 38.3 Å². The Labute approximate surface area is 243 Å². The van der Waals surface area contributed by atoms with Crippen LogP contribution in [-0.4, -0.2) is 64.0 Å². The fraction of sp³-hybridized carbons (Fsp3) is 0.345. The molecule has 3 amide bonds. The summed E-state index contributed by atoms with van der Waals surface area (Å²) in [4.78, 5) is 42.8. The van der Waals surface area contributed by atoms with Gasteiger partial charge in [-0.1, -0.05) is 30.3 Å². The van der Waals surface area contributed by atoms with Gasteiger partial charge in [0.2, 0.25) is 5.95 Å². The number of methoxy groups -OCH3 is 1. The van der Waals surface area contributed by atoms with Crippen molar-refractivity contribution >= 4 is 34.9 Å². The molecule has 42 heavy (non-hydrogen) atoms. The maximum absolute atomic E-state index is 13.3. The summed E-state index contributed by atoms with van der Waals surface area (Å²) in [7, 11) is 1.50. The van der Waals surface area contributed by atoms with Crippen LogP contribution in [0.25, 0.3) is 11.0 Å². The van der Waals surface area contributed by atoms with E-state index in [1.165, 1.54) is 7.11 Å². The van der Waals surface area contributed by atoms with Gasteiger partial charge in [0.05, 0.1) is 18.3 Å². The van der Waals surface area contributed by atoms with Gasteiger partial charge < -0.3 is 30.4 Å².